The van der Waals surface area contributed by atoms with Crippen molar-refractivity contribution in [2.45, 2.75) is 38.5 Å². The van der Waals surface area contributed by atoms with Crippen LogP contribution in [0.4, 0.5) is 0 Å². The number of ether oxygens (including phenoxy) is 1. The molecule has 0 saturated heterocycles. The van der Waals surface area contributed by atoms with E-state index in [0.717, 1.165) is 18.4 Å². The van der Waals surface area contributed by atoms with E-state index in [1.807, 2.05) is 0 Å². The highest BCUT2D eigenvalue weighted by atomic mass is 16.5. The lowest BCUT2D eigenvalue weighted by molar-refractivity contribution is -0.144. The normalized spacial score (nSPS) is 27.6. The van der Waals surface area contributed by atoms with E-state index in [9.17, 15) is 9.59 Å². The Morgan fingerprint density at radius 2 is 2.10 bits per heavy atom. The van der Waals surface area contributed by atoms with Gasteiger partial charge in [0.05, 0.1) is 18.9 Å². The zero-order valence-electron chi connectivity index (χ0n) is 12.3. The fourth-order valence-corrected chi connectivity index (χ4v) is 3.36. The van der Waals surface area contributed by atoms with Crippen molar-refractivity contribution < 1.29 is 18.7 Å². The summed E-state index contributed by atoms with van der Waals surface area (Å²) in [5, 5.41) is 0. The van der Waals surface area contributed by atoms with Gasteiger partial charge in [-0.05, 0) is 36.8 Å². The van der Waals surface area contributed by atoms with Gasteiger partial charge >= 0.3 is 5.97 Å². The minimum Gasteiger partial charge on any atom is -0.472 e. The number of Topliss-reactive ketones (excluding diaryl/α,β-unsaturated/α-hetero) is 1. The lowest BCUT2D eigenvalue weighted by Crippen LogP contribution is -2.27. The van der Waals surface area contributed by atoms with Crippen LogP contribution in [0, 0.1) is 11.3 Å². The summed E-state index contributed by atoms with van der Waals surface area (Å²) >= 11 is 0. The molecule has 1 atom stereocenters. The van der Waals surface area contributed by atoms with Gasteiger partial charge in [-0.25, -0.2) is 0 Å². The maximum absolute atomic E-state index is 12.6. The molecule has 21 heavy (non-hydrogen) atoms. The number of carbonyl (C=O) groups is 2. The highest BCUT2D eigenvalue weighted by Crippen LogP contribution is 2.56. The second kappa shape index (κ2) is 5.51. The van der Waals surface area contributed by atoms with E-state index < -0.39 is 11.4 Å². The van der Waals surface area contributed by atoms with Crippen LogP contribution in [0.2, 0.25) is 0 Å². The predicted molar refractivity (Wildman–Crippen MR) is 76.8 cm³/mol. The zero-order chi connectivity index (χ0) is 14.9. The van der Waals surface area contributed by atoms with Gasteiger partial charge in [-0.15, -0.1) is 0 Å². The van der Waals surface area contributed by atoms with E-state index in [0.29, 0.717) is 17.9 Å². The second-order valence-electron chi connectivity index (χ2n) is 6.00. The molecule has 0 spiro atoms. The number of hydrogen-bond donors (Lipinski definition) is 0. The number of rotatable bonds is 4. The third-order valence-electron chi connectivity index (χ3n) is 4.67. The lowest BCUT2D eigenvalue weighted by atomic mass is 9.87. The fraction of sp³-hybridized carbons (Fsp3) is 0.529. The Kier molecular flexibility index (Phi) is 3.70. The summed E-state index contributed by atoms with van der Waals surface area (Å²) in [7, 11) is 1.34. The number of methoxy groups -OCH3 is 1. The van der Waals surface area contributed by atoms with E-state index in [4.69, 9.17) is 9.15 Å². The molecule has 112 valence electrons. The number of esters is 1. The first-order chi connectivity index (χ1) is 10.2. The summed E-state index contributed by atoms with van der Waals surface area (Å²) in [6, 6.07) is 1.60. The van der Waals surface area contributed by atoms with Crippen molar-refractivity contribution in [2.24, 2.45) is 11.3 Å². The van der Waals surface area contributed by atoms with Crippen LogP contribution < -0.4 is 0 Å². The monoisotopic (exact) mass is 288 g/mol. The van der Waals surface area contributed by atoms with Gasteiger partial charge in [-0.3, -0.25) is 9.59 Å². The van der Waals surface area contributed by atoms with Crippen LogP contribution in [-0.2, 0) is 9.53 Å². The molecular formula is C17H20O4. The van der Waals surface area contributed by atoms with Crippen LogP contribution >= 0.6 is 0 Å². The molecule has 2 aliphatic carbocycles. The Hall–Kier alpha value is -1.84. The number of hydrogen-bond acceptors (Lipinski definition) is 4. The third-order valence-corrected chi connectivity index (χ3v) is 4.67. The van der Waals surface area contributed by atoms with E-state index in [1.165, 1.54) is 38.9 Å². The summed E-state index contributed by atoms with van der Waals surface area (Å²) in [5.74, 6) is -0.154. The molecule has 1 aromatic heterocycles. The molecule has 0 aliphatic heterocycles. The van der Waals surface area contributed by atoms with Gasteiger partial charge in [0.15, 0.2) is 11.2 Å². The van der Waals surface area contributed by atoms with Gasteiger partial charge in [0.1, 0.15) is 6.26 Å². The molecule has 4 heteroatoms. The Labute approximate surface area is 124 Å². The average molecular weight is 288 g/mol. The molecule has 0 N–H and O–H groups in total. The largest absolute Gasteiger partial charge is 0.472 e. The molecule has 2 aliphatic rings. The lowest BCUT2D eigenvalue weighted by Gasteiger charge is -2.18. The highest BCUT2D eigenvalue weighted by molar-refractivity contribution is 6.18. The van der Waals surface area contributed by atoms with Gasteiger partial charge < -0.3 is 9.15 Å². The SMILES string of the molecule is COC(=O)C1(C(=O)c2ccoc2)C/C1=C\C1CCCCC1. The molecule has 2 fully saturated rings. The topological polar surface area (TPSA) is 56.5 Å². The molecule has 0 bridgehead atoms. The van der Waals surface area contributed by atoms with Gasteiger partial charge in [-0.2, -0.15) is 0 Å². The summed E-state index contributed by atoms with van der Waals surface area (Å²) in [5.41, 5.74) is 0.274. The van der Waals surface area contributed by atoms with E-state index >= 15 is 0 Å². The smallest absolute Gasteiger partial charge is 0.324 e. The molecule has 0 amide bonds. The van der Waals surface area contributed by atoms with Crippen molar-refractivity contribution in [1.82, 2.24) is 0 Å². The quantitative estimate of drug-likeness (QED) is 0.368. The average Bonchev–Trinajstić information content (AvgIpc) is 2.99. The maximum Gasteiger partial charge on any atom is 0.324 e. The van der Waals surface area contributed by atoms with Crippen LogP contribution in [0.5, 0.6) is 0 Å². The molecular weight excluding hydrogens is 268 g/mol. The molecule has 1 aromatic rings. The van der Waals surface area contributed by atoms with Gasteiger partial charge in [-0.1, -0.05) is 25.3 Å². The summed E-state index contributed by atoms with van der Waals surface area (Å²) in [6.07, 6.45) is 11.5. The fourth-order valence-electron chi connectivity index (χ4n) is 3.36. The van der Waals surface area contributed by atoms with Crippen LogP contribution in [0.25, 0.3) is 0 Å². The first-order valence-electron chi connectivity index (χ1n) is 7.55. The first-order valence-corrected chi connectivity index (χ1v) is 7.55. The molecule has 1 heterocycles. The van der Waals surface area contributed by atoms with Crippen LogP contribution in [0.1, 0.15) is 48.9 Å². The minimum absolute atomic E-state index is 0.204. The summed E-state index contributed by atoms with van der Waals surface area (Å²) in [4.78, 5) is 24.8. The van der Waals surface area contributed by atoms with Crippen molar-refractivity contribution in [3.63, 3.8) is 0 Å². The number of allylic oxidation sites excluding steroid dienone is 1. The van der Waals surface area contributed by atoms with Crippen molar-refractivity contribution in [3.05, 3.63) is 35.8 Å². The second-order valence-corrected chi connectivity index (χ2v) is 6.00. The number of furan rings is 1. The Balaban J connectivity index is 1.85. The molecule has 4 nitrogen and oxygen atoms in total. The van der Waals surface area contributed by atoms with Gasteiger partial charge in [0.2, 0.25) is 0 Å². The van der Waals surface area contributed by atoms with Crippen molar-refractivity contribution >= 4 is 11.8 Å². The van der Waals surface area contributed by atoms with Crippen LogP contribution in [0.15, 0.2) is 34.7 Å². The maximum atomic E-state index is 12.6. The minimum atomic E-state index is -1.09. The Morgan fingerprint density at radius 1 is 1.33 bits per heavy atom. The van der Waals surface area contributed by atoms with Crippen molar-refractivity contribution in [3.8, 4) is 0 Å². The van der Waals surface area contributed by atoms with E-state index in [2.05, 4.69) is 6.08 Å². The van der Waals surface area contributed by atoms with E-state index in [-0.39, 0.29) is 5.78 Å². The van der Waals surface area contributed by atoms with Crippen LogP contribution in [0.3, 0.4) is 0 Å². The zero-order valence-corrected chi connectivity index (χ0v) is 12.3. The molecule has 1 unspecified atom stereocenters. The number of carbonyl (C=O) groups excluding carboxylic acids is 2. The van der Waals surface area contributed by atoms with E-state index in [1.54, 1.807) is 6.07 Å². The summed E-state index contributed by atoms with van der Waals surface area (Å²) in [6.45, 7) is 0. The Bertz CT molecular complexity index is 564. The highest BCUT2D eigenvalue weighted by Gasteiger charge is 2.62. The molecule has 3 rings (SSSR count). The van der Waals surface area contributed by atoms with Crippen molar-refractivity contribution in [2.75, 3.05) is 7.11 Å². The van der Waals surface area contributed by atoms with Crippen molar-refractivity contribution in [1.29, 1.82) is 0 Å². The molecule has 0 radical (unpaired) electrons. The summed E-state index contributed by atoms with van der Waals surface area (Å²) < 4.78 is 9.85. The number of ketones is 1. The Morgan fingerprint density at radius 3 is 2.71 bits per heavy atom. The third kappa shape index (κ3) is 2.43. The van der Waals surface area contributed by atoms with Gasteiger partial charge in [0.25, 0.3) is 0 Å². The first kappa shape index (κ1) is 14.1. The van der Waals surface area contributed by atoms with Gasteiger partial charge in [0, 0.05) is 0 Å². The molecule has 2 saturated carbocycles. The van der Waals surface area contributed by atoms with Crippen LogP contribution in [-0.4, -0.2) is 18.9 Å². The molecule has 0 aromatic carbocycles. The standard InChI is InChI=1S/C17H20O4/c1-20-16(19)17(15(18)13-7-8-21-11-13)10-14(17)9-12-5-3-2-4-6-12/h7-9,11-12H,2-6,10H2,1H3/b14-9+. The predicted octanol–water partition coefficient (Wildman–Crippen LogP) is 3.53.